The highest BCUT2D eigenvalue weighted by atomic mass is 16.5. The summed E-state index contributed by atoms with van der Waals surface area (Å²) < 4.78 is 9.80. The van der Waals surface area contributed by atoms with E-state index in [2.05, 4.69) is 0 Å². The summed E-state index contributed by atoms with van der Waals surface area (Å²) in [7, 11) is 1.53. The number of aliphatic hydroxyl groups is 1. The molecule has 0 aliphatic heterocycles. The molecule has 5 nitrogen and oxygen atoms in total. The number of methoxy groups -OCH3 is 1. The third kappa shape index (κ3) is 3.88. The molecular weight excluding hydrogens is 212 g/mol. The predicted molar refractivity (Wildman–Crippen MR) is 56.4 cm³/mol. The fourth-order valence-corrected chi connectivity index (χ4v) is 1.20. The molecule has 2 N–H and O–H groups in total. The van der Waals surface area contributed by atoms with E-state index in [1.165, 1.54) is 7.11 Å². The molecule has 1 atom stereocenters. The SMILES string of the molecule is COc1cccc(C(O)COCC(=O)O)c1. The topological polar surface area (TPSA) is 76.0 Å². The first-order valence-electron chi connectivity index (χ1n) is 4.75. The lowest BCUT2D eigenvalue weighted by molar-refractivity contribution is -0.143. The number of hydrogen-bond donors (Lipinski definition) is 2. The van der Waals surface area contributed by atoms with Crippen LogP contribution in [0.4, 0.5) is 0 Å². The number of benzene rings is 1. The van der Waals surface area contributed by atoms with Crippen molar-refractivity contribution in [3.8, 4) is 5.75 Å². The van der Waals surface area contributed by atoms with Crippen LogP contribution in [-0.4, -0.2) is 36.5 Å². The Balaban J connectivity index is 2.51. The van der Waals surface area contributed by atoms with Gasteiger partial charge in [0.05, 0.1) is 13.7 Å². The maximum atomic E-state index is 10.2. The van der Waals surface area contributed by atoms with Crippen molar-refractivity contribution in [3.63, 3.8) is 0 Å². The Labute approximate surface area is 93.2 Å². The van der Waals surface area contributed by atoms with Gasteiger partial charge in [-0.1, -0.05) is 12.1 Å². The summed E-state index contributed by atoms with van der Waals surface area (Å²) in [5.74, 6) is -0.423. The van der Waals surface area contributed by atoms with Crippen molar-refractivity contribution in [2.75, 3.05) is 20.3 Å². The number of hydrogen-bond acceptors (Lipinski definition) is 4. The van der Waals surface area contributed by atoms with Crippen LogP contribution in [0.1, 0.15) is 11.7 Å². The molecule has 0 bridgehead atoms. The lowest BCUT2D eigenvalue weighted by Crippen LogP contribution is -2.13. The van der Waals surface area contributed by atoms with Crippen LogP contribution in [0, 0.1) is 0 Å². The fourth-order valence-electron chi connectivity index (χ4n) is 1.20. The molecule has 0 aromatic heterocycles. The van der Waals surface area contributed by atoms with E-state index in [1.807, 2.05) is 0 Å². The minimum Gasteiger partial charge on any atom is -0.497 e. The molecule has 0 radical (unpaired) electrons. The molecule has 0 amide bonds. The number of aliphatic carboxylic acids is 1. The number of rotatable bonds is 6. The molecule has 1 aromatic carbocycles. The Kier molecular flexibility index (Phi) is 4.75. The third-order valence-electron chi connectivity index (χ3n) is 1.98. The smallest absolute Gasteiger partial charge is 0.329 e. The Bertz CT molecular complexity index is 350. The first-order valence-corrected chi connectivity index (χ1v) is 4.75. The van der Waals surface area contributed by atoms with Crippen molar-refractivity contribution in [1.82, 2.24) is 0 Å². The van der Waals surface area contributed by atoms with Crippen LogP contribution < -0.4 is 4.74 Å². The zero-order valence-electron chi connectivity index (χ0n) is 8.92. The lowest BCUT2D eigenvalue weighted by atomic mass is 10.1. The monoisotopic (exact) mass is 226 g/mol. The Hall–Kier alpha value is -1.59. The lowest BCUT2D eigenvalue weighted by Gasteiger charge is -2.11. The second-order valence-electron chi connectivity index (χ2n) is 3.20. The van der Waals surface area contributed by atoms with Crippen molar-refractivity contribution in [2.45, 2.75) is 6.10 Å². The van der Waals surface area contributed by atoms with Crippen molar-refractivity contribution >= 4 is 5.97 Å². The maximum absolute atomic E-state index is 10.2. The second-order valence-corrected chi connectivity index (χ2v) is 3.20. The van der Waals surface area contributed by atoms with Gasteiger partial charge in [-0.25, -0.2) is 4.79 Å². The summed E-state index contributed by atoms with van der Waals surface area (Å²) in [6.45, 7) is -0.472. The zero-order valence-corrected chi connectivity index (χ0v) is 8.92. The van der Waals surface area contributed by atoms with E-state index >= 15 is 0 Å². The van der Waals surface area contributed by atoms with Crippen molar-refractivity contribution in [1.29, 1.82) is 0 Å². The molecule has 0 aliphatic carbocycles. The van der Waals surface area contributed by atoms with Crippen LogP contribution in [0.3, 0.4) is 0 Å². The molecule has 0 heterocycles. The van der Waals surface area contributed by atoms with Gasteiger partial charge < -0.3 is 19.7 Å². The highest BCUT2D eigenvalue weighted by Crippen LogP contribution is 2.19. The predicted octanol–water partition coefficient (Wildman–Crippen LogP) is 0.830. The maximum Gasteiger partial charge on any atom is 0.329 e. The Morgan fingerprint density at radius 3 is 2.88 bits per heavy atom. The number of aliphatic hydroxyl groups excluding tert-OH is 1. The van der Waals surface area contributed by atoms with Gasteiger partial charge in [0.15, 0.2) is 0 Å². The largest absolute Gasteiger partial charge is 0.497 e. The molecular formula is C11H14O5. The van der Waals surface area contributed by atoms with E-state index < -0.39 is 18.7 Å². The summed E-state index contributed by atoms with van der Waals surface area (Å²) in [5.41, 5.74) is 0.629. The van der Waals surface area contributed by atoms with Gasteiger partial charge in [0.2, 0.25) is 0 Å². The van der Waals surface area contributed by atoms with Crippen molar-refractivity contribution < 1.29 is 24.5 Å². The molecule has 0 fully saturated rings. The van der Waals surface area contributed by atoms with Crippen LogP contribution in [0.2, 0.25) is 0 Å². The van der Waals surface area contributed by atoms with Gasteiger partial charge in [-0.2, -0.15) is 0 Å². The molecule has 1 aromatic rings. The molecule has 0 saturated heterocycles. The molecule has 0 spiro atoms. The minimum atomic E-state index is -1.06. The van der Waals surface area contributed by atoms with Crippen LogP contribution >= 0.6 is 0 Å². The zero-order chi connectivity index (χ0) is 12.0. The van der Waals surface area contributed by atoms with E-state index in [0.717, 1.165) is 0 Å². The van der Waals surface area contributed by atoms with Gasteiger partial charge in [0.1, 0.15) is 18.5 Å². The number of carboxylic acid groups (broad SMARTS) is 1. The molecule has 0 aliphatic rings. The van der Waals surface area contributed by atoms with Gasteiger partial charge in [0, 0.05) is 0 Å². The molecule has 88 valence electrons. The average Bonchev–Trinajstić information content (AvgIpc) is 2.28. The number of ether oxygens (including phenoxy) is 2. The van der Waals surface area contributed by atoms with Crippen LogP contribution in [-0.2, 0) is 9.53 Å². The van der Waals surface area contributed by atoms with E-state index in [0.29, 0.717) is 11.3 Å². The fraction of sp³-hybridized carbons (Fsp3) is 0.364. The van der Waals surface area contributed by atoms with Gasteiger partial charge >= 0.3 is 5.97 Å². The summed E-state index contributed by atoms with van der Waals surface area (Å²) >= 11 is 0. The molecule has 16 heavy (non-hydrogen) atoms. The van der Waals surface area contributed by atoms with Crippen LogP contribution in [0.5, 0.6) is 5.75 Å². The van der Waals surface area contributed by atoms with Gasteiger partial charge in [0.25, 0.3) is 0 Å². The summed E-state index contributed by atoms with van der Waals surface area (Å²) in [6.07, 6.45) is -0.852. The quantitative estimate of drug-likeness (QED) is 0.751. The number of carboxylic acids is 1. The minimum absolute atomic E-state index is 0.0561. The highest BCUT2D eigenvalue weighted by Gasteiger charge is 2.09. The summed E-state index contributed by atoms with van der Waals surface area (Å²) in [5, 5.41) is 18.0. The number of carbonyl (C=O) groups is 1. The van der Waals surface area contributed by atoms with E-state index in [9.17, 15) is 9.90 Å². The van der Waals surface area contributed by atoms with E-state index in [4.69, 9.17) is 14.6 Å². The average molecular weight is 226 g/mol. The molecule has 1 unspecified atom stereocenters. The third-order valence-corrected chi connectivity index (χ3v) is 1.98. The first-order chi connectivity index (χ1) is 7.63. The van der Waals surface area contributed by atoms with Gasteiger partial charge in [-0.3, -0.25) is 0 Å². The summed E-state index contributed by atoms with van der Waals surface area (Å²) in [6, 6.07) is 6.90. The Morgan fingerprint density at radius 1 is 1.50 bits per heavy atom. The molecule has 1 rings (SSSR count). The second kappa shape index (κ2) is 6.09. The van der Waals surface area contributed by atoms with Gasteiger partial charge in [-0.15, -0.1) is 0 Å². The van der Waals surface area contributed by atoms with Gasteiger partial charge in [-0.05, 0) is 17.7 Å². The molecule has 5 heteroatoms. The van der Waals surface area contributed by atoms with E-state index in [1.54, 1.807) is 24.3 Å². The van der Waals surface area contributed by atoms with E-state index in [-0.39, 0.29) is 6.61 Å². The molecule has 0 saturated carbocycles. The van der Waals surface area contributed by atoms with Crippen LogP contribution in [0.25, 0.3) is 0 Å². The first kappa shape index (κ1) is 12.5. The van der Waals surface area contributed by atoms with Crippen molar-refractivity contribution in [2.24, 2.45) is 0 Å². The highest BCUT2D eigenvalue weighted by molar-refractivity contribution is 5.67. The van der Waals surface area contributed by atoms with Crippen LogP contribution in [0.15, 0.2) is 24.3 Å². The Morgan fingerprint density at radius 2 is 2.25 bits per heavy atom. The van der Waals surface area contributed by atoms with Crippen molar-refractivity contribution in [3.05, 3.63) is 29.8 Å². The summed E-state index contributed by atoms with van der Waals surface area (Å²) in [4.78, 5) is 10.2. The standard InChI is InChI=1S/C11H14O5/c1-15-9-4-2-3-8(5-9)10(12)6-16-7-11(13)14/h2-5,10,12H,6-7H2,1H3,(H,13,14). The normalized spacial score (nSPS) is 12.1.